The SMILES string of the molecule is COc1ccc(-c2cnoc2N)c(OC(C)C)c1OC. The van der Waals surface area contributed by atoms with E-state index in [2.05, 4.69) is 5.16 Å². The molecular formula is C14H18N2O4. The Morgan fingerprint density at radius 1 is 1.10 bits per heavy atom. The molecule has 0 atom stereocenters. The molecule has 0 fully saturated rings. The van der Waals surface area contributed by atoms with Crippen molar-refractivity contribution in [3.05, 3.63) is 18.3 Å². The van der Waals surface area contributed by atoms with E-state index in [1.807, 2.05) is 19.9 Å². The molecule has 2 aromatic rings. The average molecular weight is 278 g/mol. The second-order valence-corrected chi connectivity index (χ2v) is 4.45. The summed E-state index contributed by atoms with van der Waals surface area (Å²) in [5.41, 5.74) is 7.18. The standard InChI is InChI=1S/C14H18N2O4/c1-8(2)19-12-9(10-7-16-20-14(10)15)5-6-11(17-3)13(12)18-4/h5-8H,15H2,1-4H3. The van der Waals surface area contributed by atoms with Gasteiger partial charge < -0.3 is 24.5 Å². The van der Waals surface area contributed by atoms with Crippen molar-refractivity contribution in [1.29, 1.82) is 0 Å². The number of benzene rings is 1. The summed E-state index contributed by atoms with van der Waals surface area (Å²) in [4.78, 5) is 0. The molecule has 0 radical (unpaired) electrons. The monoisotopic (exact) mass is 278 g/mol. The number of hydrogen-bond acceptors (Lipinski definition) is 6. The minimum Gasteiger partial charge on any atom is -0.493 e. The molecule has 0 spiro atoms. The first-order valence-corrected chi connectivity index (χ1v) is 6.20. The van der Waals surface area contributed by atoms with Gasteiger partial charge in [0.2, 0.25) is 11.6 Å². The fourth-order valence-electron chi connectivity index (χ4n) is 1.91. The zero-order chi connectivity index (χ0) is 14.7. The van der Waals surface area contributed by atoms with E-state index in [1.54, 1.807) is 26.5 Å². The molecule has 0 saturated carbocycles. The third-order valence-electron chi connectivity index (χ3n) is 2.74. The molecule has 6 heteroatoms. The summed E-state index contributed by atoms with van der Waals surface area (Å²) in [6, 6.07) is 3.62. The number of rotatable bonds is 5. The van der Waals surface area contributed by atoms with E-state index in [4.69, 9.17) is 24.5 Å². The van der Waals surface area contributed by atoms with Crippen LogP contribution in [-0.2, 0) is 0 Å². The van der Waals surface area contributed by atoms with E-state index in [-0.39, 0.29) is 12.0 Å². The third kappa shape index (κ3) is 2.49. The first kappa shape index (κ1) is 14.0. The predicted octanol–water partition coefficient (Wildman–Crippen LogP) is 2.73. The van der Waals surface area contributed by atoms with Gasteiger partial charge in [-0.2, -0.15) is 0 Å². The summed E-state index contributed by atoms with van der Waals surface area (Å²) in [5.74, 6) is 1.88. The molecule has 6 nitrogen and oxygen atoms in total. The summed E-state index contributed by atoms with van der Waals surface area (Å²) >= 11 is 0. The van der Waals surface area contributed by atoms with Crippen molar-refractivity contribution in [2.24, 2.45) is 0 Å². The Balaban J connectivity index is 2.64. The van der Waals surface area contributed by atoms with Crippen LogP contribution in [0.4, 0.5) is 5.88 Å². The van der Waals surface area contributed by atoms with Crippen molar-refractivity contribution in [3.8, 4) is 28.4 Å². The molecular weight excluding hydrogens is 260 g/mol. The highest BCUT2D eigenvalue weighted by Crippen LogP contribution is 2.46. The predicted molar refractivity (Wildman–Crippen MR) is 75.2 cm³/mol. The number of nitrogen functional groups attached to an aromatic ring is 1. The van der Waals surface area contributed by atoms with E-state index in [9.17, 15) is 0 Å². The van der Waals surface area contributed by atoms with Crippen LogP contribution < -0.4 is 19.9 Å². The summed E-state index contributed by atoms with van der Waals surface area (Å²) < 4.78 is 21.5. The highest BCUT2D eigenvalue weighted by atomic mass is 16.5. The van der Waals surface area contributed by atoms with Gasteiger partial charge in [0.1, 0.15) is 0 Å². The number of ether oxygens (including phenoxy) is 3. The molecule has 0 aliphatic carbocycles. The first-order chi connectivity index (χ1) is 9.58. The quantitative estimate of drug-likeness (QED) is 0.905. The fraction of sp³-hybridized carbons (Fsp3) is 0.357. The molecule has 1 aromatic carbocycles. The van der Waals surface area contributed by atoms with Crippen molar-refractivity contribution in [2.45, 2.75) is 20.0 Å². The van der Waals surface area contributed by atoms with Crippen LogP contribution in [0.2, 0.25) is 0 Å². The van der Waals surface area contributed by atoms with Gasteiger partial charge in [0.25, 0.3) is 0 Å². The molecule has 0 amide bonds. The Morgan fingerprint density at radius 3 is 2.35 bits per heavy atom. The van der Waals surface area contributed by atoms with Crippen LogP contribution in [0.1, 0.15) is 13.8 Å². The van der Waals surface area contributed by atoms with Crippen molar-refractivity contribution in [3.63, 3.8) is 0 Å². The van der Waals surface area contributed by atoms with Gasteiger partial charge >= 0.3 is 0 Å². The van der Waals surface area contributed by atoms with Gasteiger partial charge in [0.15, 0.2) is 11.5 Å². The first-order valence-electron chi connectivity index (χ1n) is 6.20. The summed E-state index contributed by atoms with van der Waals surface area (Å²) in [6.45, 7) is 3.86. The topological polar surface area (TPSA) is 79.7 Å². The Bertz CT molecular complexity index is 593. The van der Waals surface area contributed by atoms with E-state index in [0.717, 1.165) is 5.56 Å². The highest BCUT2D eigenvalue weighted by Gasteiger charge is 2.21. The van der Waals surface area contributed by atoms with Crippen LogP contribution in [-0.4, -0.2) is 25.5 Å². The Labute approximate surface area is 117 Å². The van der Waals surface area contributed by atoms with Crippen LogP contribution in [0.15, 0.2) is 22.9 Å². The van der Waals surface area contributed by atoms with E-state index >= 15 is 0 Å². The molecule has 0 aliphatic rings. The highest BCUT2D eigenvalue weighted by molar-refractivity contribution is 5.81. The lowest BCUT2D eigenvalue weighted by Crippen LogP contribution is -2.08. The molecule has 2 N–H and O–H groups in total. The number of hydrogen-bond donors (Lipinski definition) is 1. The van der Waals surface area contributed by atoms with Crippen LogP contribution >= 0.6 is 0 Å². The third-order valence-corrected chi connectivity index (χ3v) is 2.74. The Morgan fingerprint density at radius 2 is 1.85 bits per heavy atom. The van der Waals surface area contributed by atoms with Gasteiger partial charge in [-0.05, 0) is 26.0 Å². The van der Waals surface area contributed by atoms with Crippen LogP contribution in [0.3, 0.4) is 0 Å². The minimum absolute atomic E-state index is 0.0316. The molecule has 1 heterocycles. The van der Waals surface area contributed by atoms with Gasteiger partial charge in [-0.15, -0.1) is 0 Å². The summed E-state index contributed by atoms with van der Waals surface area (Å²) in [5, 5.41) is 3.69. The fourth-order valence-corrected chi connectivity index (χ4v) is 1.91. The second kappa shape index (κ2) is 5.73. The van der Waals surface area contributed by atoms with Gasteiger partial charge in [0.05, 0.1) is 32.1 Å². The number of methoxy groups -OCH3 is 2. The lowest BCUT2D eigenvalue weighted by atomic mass is 10.1. The Hall–Kier alpha value is -2.37. The van der Waals surface area contributed by atoms with Crippen LogP contribution in [0.5, 0.6) is 17.2 Å². The molecule has 1 aromatic heterocycles. The smallest absolute Gasteiger partial charge is 0.230 e. The molecule has 108 valence electrons. The van der Waals surface area contributed by atoms with Gasteiger partial charge in [0, 0.05) is 5.56 Å². The Kier molecular flexibility index (Phi) is 4.02. The van der Waals surface area contributed by atoms with Crippen molar-refractivity contribution in [1.82, 2.24) is 5.16 Å². The maximum atomic E-state index is 5.86. The second-order valence-electron chi connectivity index (χ2n) is 4.45. The maximum Gasteiger partial charge on any atom is 0.230 e. The number of anilines is 1. The molecule has 0 saturated heterocycles. The zero-order valence-electron chi connectivity index (χ0n) is 12.0. The normalized spacial score (nSPS) is 10.7. The summed E-state index contributed by atoms with van der Waals surface area (Å²) in [7, 11) is 3.14. The van der Waals surface area contributed by atoms with Crippen LogP contribution in [0.25, 0.3) is 11.1 Å². The van der Waals surface area contributed by atoms with Crippen molar-refractivity contribution < 1.29 is 18.7 Å². The molecule has 20 heavy (non-hydrogen) atoms. The molecule has 0 unspecified atom stereocenters. The summed E-state index contributed by atoms with van der Waals surface area (Å²) in [6.07, 6.45) is 1.51. The largest absolute Gasteiger partial charge is 0.493 e. The van der Waals surface area contributed by atoms with Gasteiger partial charge in [-0.1, -0.05) is 5.16 Å². The number of nitrogens with two attached hydrogens (primary N) is 1. The van der Waals surface area contributed by atoms with Gasteiger partial charge in [-0.25, -0.2) is 0 Å². The lowest BCUT2D eigenvalue weighted by molar-refractivity contribution is 0.227. The van der Waals surface area contributed by atoms with E-state index < -0.39 is 0 Å². The average Bonchev–Trinajstić information content (AvgIpc) is 2.83. The molecule has 0 bridgehead atoms. The van der Waals surface area contributed by atoms with Crippen LogP contribution in [0, 0.1) is 0 Å². The number of aromatic nitrogens is 1. The van der Waals surface area contributed by atoms with Crippen molar-refractivity contribution >= 4 is 5.88 Å². The van der Waals surface area contributed by atoms with Gasteiger partial charge in [-0.3, -0.25) is 0 Å². The maximum absolute atomic E-state index is 5.86. The molecule has 2 rings (SSSR count). The van der Waals surface area contributed by atoms with Crippen molar-refractivity contribution in [2.75, 3.05) is 20.0 Å². The lowest BCUT2D eigenvalue weighted by Gasteiger charge is -2.19. The van der Waals surface area contributed by atoms with E-state index in [1.165, 1.54) is 0 Å². The molecule has 0 aliphatic heterocycles. The zero-order valence-corrected chi connectivity index (χ0v) is 12.0. The number of nitrogens with zero attached hydrogens (tertiary/aromatic N) is 1. The minimum atomic E-state index is -0.0316. The van der Waals surface area contributed by atoms with E-state index in [0.29, 0.717) is 22.8 Å².